The SMILES string of the molecule is CC1(C)CCCC[C@H]1c1ncc(NC(=O)C2CCC2)s1. The van der Waals surface area contributed by atoms with E-state index in [1.54, 1.807) is 11.3 Å². The van der Waals surface area contributed by atoms with Crippen molar-refractivity contribution in [3.63, 3.8) is 0 Å². The minimum Gasteiger partial charge on any atom is -0.316 e. The lowest BCUT2D eigenvalue weighted by molar-refractivity contribution is -0.122. The van der Waals surface area contributed by atoms with Gasteiger partial charge in [-0.3, -0.25) is 4.79 Å². The highest BCUT2D eigenvalue weighted by molar-refractivity contribution is 7.15. The van der Waals surface area contributed by atoms with Crippen molar-refractivity contribution >= 4 is 22.2 Å². The Morgan fingerprint density at radius 2 is 2.10 bits per heavy atom. The van der Waals surface area contributed by atoms with Gasteiger partial charge in [-0.05, 0) is 31.1 Å². The first-order valence-corrected chi connectivity index (χ1v) is 8.64. The van der Waals surface area contributed by atoms with Crippen molar-refractivity contribution < 1.29 is 4.79 Å². The summed E-state index contributed by atoms with van der Waals surface area (Å²) < 4.78 is 0. The fourth-order valence-electron chi connectivity index (χ4n) is 3.35. The van der Waals surface area contributed by atoms with E-state index in [0.717, 1.165) is 17.8 Å². The van der Waals surface area contributed by atoms with Crippen molar-refractivity contribution in [1.82, 2.24) is 4.98 Å². The van der Waals surface area contributed by atoms with E-state index in [2.05, 4.69) is 24.1 Å². The molecule has 2 fully saturated rings. The van der Waals surface area contributed by atoms with Crippen LogP contribution in [0.2, 0.25) is 0 Å². The lowest BCUT2D eigenvalue weighted by Crippen LogP contribution is -2.27. The van der Waals surface area contributed by atoms with E-state index in [1.807, 2.05) is 6.20 Å². The molecule has 0 radical (unpaired) electrons. The predicted molar refractivity (Wildman–Crippen MR) is 83.1 cm³/mol. The van der Waals surface area contributed by atoms with Gasteiger partial charge in [0.05, 0.1) is 11.2 Å². The number of carbonyl (C=O) groups is 1. The van der Waals surface area contributed by atoms with Gasteiger partial charge in [-0.25, -0.2) is 4.98 Å². The van der Waals surface area contributed by atoms with E-state index < -0.39 is 0 Å². The van der Waals surface area contributed by atoms with Crippen molar-refractivity contribution in [3.05, 3.63) is 11.2 Å². The van der Waals surface area contributed by atoms with E-state index in [0.29, 0.717) is 11.3 Å². The molecule has 1 aromatic heterocycles. The Balaban J connectivity index is 1.68. The standard InChI is InChI=1S/C16H24N2OS/c1-16(2)9-4-3-8-12(16)15-17-10-13(20-15)18-14(19)11-6-5-7-11/h10-12H,3-9H2,1-2H3,(H,18,19)/t12-/m0/s1. The highest BCUT2D eigenvalue weighted by atomic mass is 32.1. The Morgan fingerprint density at radius 3 is 2.75 bits per heavy atom. The van der Waals surface area contributed by atoms with Gasteiger partial charge in [-0.2, -0.15) is 0 Å². The first-order chi connectivity index (χ1) is 9.56. The van der Waals surface area contributed by atoms with Crippen LogP contribution in [0.3, 0.4) is 0 Å². The smallest absolute Gasteiger partial charge is 0.228 e. The number of nitrogens with one attached hydrogen (secondary N) is 1. The van der Waals surface area contributed by atoms with Crippen LogP contribution >= 0.6 is 11.3 Å². The fraction of sp³-hybridized carbons (Fsp3) is 0.750. The molecule has 0 spiro atoms. The molecule has 110 valence electrons. The molecule has 1 heterocycles. The molecule has 1 aromatic rings. The third-order valence-electron chi connectivity index (χ3n) is 5.05. The van der Waals surface area contributed by atoms with Crippen molar-refractivity contribution in [2.75, 3.05) is 5.32 Å². The molecular formula is C16H24N2OS. The molecule has 2 aliphatic rings. The van der Waals surface area contributed by atoms with E-state index in [1.165, 1.54) is 37.1 Å². The number of carbonyl (C=O) groups excluding carboxylic acids is 1. The number of hydrogen-bond donors (Lipinski definition) is 1. The quantitative estimate of drug-likeness (QED) is 0.887. The van der Waals surface area contributed by atoms with Gasteiger partial charge in [0.15, 0.2) is 0 Å². The number of hydrogen-bond acceptors (Lipinski definition) is 3. The van der Waals surface area contributed by atoms with Crippen LogP contribution in [0.1, 0.15) is 69.7 Å². The van der Waals surface area contributed by atoms with Crippen LogP contribution in [0, 0.1) is 11.3 Å². The van der Waals surface area contributed by atoms with Gasteiger partial charge < -0.3 is 5.32 Å². The molecule has 0 saturated heterocycles. The van der Waals surface area contributed by atoms with Gasteiger partial charge in [0, 0.05) is 11.8 Å². The first kappa shape index (κ1) is 14.1. The summed E-state index contributed by atoms with van der Waals surface area (Å²) in [5.74, 6) is 0.983. The molecule has 20 heavy (non-hydrogen) atoms. The second-order valence-corrected chi connectivity index (χ2v) is 8.03. The summed E-state index contributed by atoms with van der Waals surface area (Å²) in [4.78, 5) is 16.6. The number of thiazole rings is 1. The number of rotatable bonds is 3. The van der Waals surface area contributed by atoms with Gasteiger partial charge in [0.1, 0.15) is 5.00 Å². The first-order valence-electron chi connectivity index (χ1n) is 7.83. The predicted octanol–water partition coefficient (Wildman–Crippen LogP) is 4.57. The molecular weight excluding hydrogens is 268 g/mol. The largest absolute Gasteiger partial charge is 0.316 e. The normalized spacial score (nSPS) is 26.0. The summed E-state index contributed by atoms with van der Waals surface area (Å²) in [5, 5.41) is 5.18. The van der Waals surface area contributed by atoms with E-state index in [4.69, 9.17) is 0 Å². The average Bonchev–Trinajstić information content (AvgIpc) is 2.74. The van der Waals surface area contributed by atoms with Gasteiger partial charge in [-0.1, -0.05) is 33.1 Å². The van der Waals surface area contributed by atoms with E-state index in [-0.39, 0.29) is 11.8 Å². The molecule has 0 bridgehead atoms. The number of anilines is 1. The third kappa shape index (κ3) is 2.76. The Morgan fingerprint density at radius 1 is 1.30 bits per heavy atom. The number of amides is 1. The summed E-state index contributed by atoms with van der Waals surface area (Å²) in [7, 11) is 0. The van der Waals surface area contributed by atoms with Crippen molar-refractivity contribution in [2.45, 2.75) is 64.7 Å². The van der Waals surface area contributed by atoms with Crippen LogP contribution in [-0.2, 0) is 4.79 Å². The maximum Gasteiger partial charge on any atom is 0.228 e. The van der Waals surface area contributed by atoms with Gasteiger partial charge in [0.25, 0.3) is 0 Å². The third-order valence-corrected chi connectivity index (χ3v) is 6.08. The second-order valence-electron chi connectivity index (χ2n) is 6.97. The maximum atomic E-state index is 12.0. The second kappa shape index (κ2) is 5.47. The minimum atomic E-state index is 0.189. The van der Waals surface area contributed by atoms with Gasteiger partial charge in [0.2, 0.25) is 5.91 Å². The van der Waals surface area contributed by atoms with Crippen LogP contribution in [0.4, 0.5) is 5.00 Å². The Bertz CT molecular complexity index is 490. The molecule has 0 aromatic carbocycles. The summed E-state index contributed by atoms with van der Waals surface area (Å²) in [6, 6.07) is 0. The topological polar surface area (TPSA) is 42.0 Å². The molecule has 4 heteroatoms. The maximum absolute atomic E-state index is 12.0. The monoisotopic (exact) mass is 292 g/mol. The fourth-order valence-corrected chi connectivity index (χ4v) is 4.52. The number of aromatic nitrogens is 1. The molecule has 1 N–H and O–H groups in total. The molecule has 1 amide bonds. The Hall–Kier alpha value is -0.900. The van der Waals surface area contributed by atoms with Gasteiger partial charge >= 0.3 is 0 Å². The highest BCUT2D eigenvalue weighted by Crippen LogP contribution is 2.48. The summed E-state index contributed by atoms with van der Waals surface area (Å²) in [6.45, 7) is 4.70. The van der Waals surface area contributed by atoms with Crippen molar-refractivity contribution in [3.8, 4) is 0 Å². The molecule has 2 aliphatic carbocycles. The van der Waals surface area contributed by atoms with Crippen LogP contribution in [0.5, 0.6) is 0 Å². The van der Waals surface area contributed by atoms with Crippen LogP contribution in [0.25, 0.3) is 0 Å². The summed E-state index contributed by atoms with van der Waals surface area (Å²) >= 11 is 1.68. The van der Waals surface area contributed by atoms with Crippen LogP contribution < -0.4 is 5.32 Å². The molecule has 3 nitrogen and oxygen atoms in total. The van der Waals surface area contributed by atoms with E-state index in [9.17, 15) is 4.79 Å². The minimum absolute atomic E-state index is 0.189. The zero-order valence-corrected chi connectivity index (χ0v) is 13.3. The molecule has 0 unspecified atom stereocenters. The zero-order chi connectivity index (χ0) is 14.2. The van der Waals surface area contributed by atoms with Crippen LogP contribution in [0.15, 0.2) is 6.20 Å². The van der Waals surface area contributed by atoms with E-state index >= 15 is 0 Å². The molecule has 2 saturated carbocycles. The van der Waals surface area contributed by atoms with Crippen molar-refractivity contribution in [2.24, 2.45) is 11.3 Å². The van der Waals surface area contributed by atoms with Crippen molar-refractivity contribution in [1.29, 1.82) is 0 Å². The number of nitrogens with zero attached hydrogens (tertiary/aromatic N) is 1. The van der Waals surface area contributed by atoms with Crippen LogP contribution in [-0.4, -0.2) is 10.9 Å². The van der Waals surface area contributed by atoms with Gasteiger partial charge in [-0.15, -0.1) is 11.3 Å². The Kier molecular flexibility index (Phi) is 3.85. The summed E-state index contributed by atoms with van der Waals surface area (Å²) in [5.41, 5.74) is 0.339. The molecule has 0 aliphatic heterocycles. The molecule has 1 atom stereocenters. The summed E-state index contributed by atoms with van der Waals surface area (Å²) in [6.07, 6.45) is 10.3. The lowest BCUT2D eigenvalue weighted by atomic mass is 9.69. The lowest BCUT2D eigenvalue weighted by Gasteiger charge is -2.37. The zero-order valence-electron chi connectivity index (χ0n) is 12.4. The highest BCUT2D eigenvalue weighted by Gasteiger charge is 2.35. The Labute approximate surface area is 125 Å². The molecule has 3 rings (SSSR count). The average molecular weight is 292 g/mol.